The third-order valence-electron chi connectivity index (χ3n) is 3.01. The number of hydrogen-bond acceptors (Lipinski definition) is 2. The smallest absolute Gasteiger partial charge is 0.142 e. The largest absolute Gasteiger partial charge is 0.271 e. The van der Waals surface area contributed by atoms with Gasteiger partial charge in [0.15, 0.2) is 0 Å². The average molecular weight is 388 g/mol. The van der Waals surface area contributed by atoms with E-state index in [2.05, 4.69) is 37.3 Å². The minimum absolute atomic E-state index is 0.301. The van der Waals surface area contributed by atoms with Crippen molar-refractivity contribution in [1.82, 2.24) is 5.43 Å². The zero-order chi connectivity index (χ0) is 14.0. The molecule has 3 N–H and O–H groups in total. The van der Waals surface area contributed by atoms with Crippen LogP contribution in [0.3, 0.4) is 0 Å². The first-order chi connectivity index (χ1) is 9.04. The molecular formula is C14H13Br2FN2. The lowest BCUT2D eigenvalue weighted by Gasteiger charge is -2.20. The molecule has 5 heteroatoms. The van der Waals surface area contributed by atoms with Gasteiger partial charge >= 0.3 is 0 Å². The molecule has 0 fully saturated rings. The second-order valence-corrected chi connectivity index (χ2v) is 6.01. The van der Waals surface area contributed by atoms with Gasteiger partial charge in [0, 0.05) is 10.0 Å². The van der Waals surface area contributed by atoms with E-state index in [-0.39, 0.29) is 5.82 Å². The van der Waals surface area contributed by atoms with Crippen molar-refractivity contribution in [1.29, 1.82) is 0 Å². The van der Waals surface area contributed by atoms with Gasteiger partial charge in [0.25, 0.3) is 0 Å². The van der Waals surface area contributed by atoms with Gasteiger partial charge in [-0.3, -0.25) is 5.84 Å². The van der Waals surface area contributed by atoms with Crippen molar-refractivity contribution in [3.05, 3.63) is 67.9 Å². The summed E-state index contributed by atoms with van der Waals surface area (Å²) in [4.78, 5) is 0. The molecule has 0 spiro atoms. The lowest BCUT2D eigenvalue weighted by molar-refractivity contribution is 0.554. The van der Waals surface area contributed by atoms with Crippen LogP contribution in [-0.2, 0) is 0 Å². The van der Waals surface area contributed by atoms with E-state index in [1.165, 1.54) is 0 Å². The van der Waals surface area contributed by atoms with Gasteiger partial charge in [-0.25, -0.2) is 9.82 Å². The van der Waals surface area contributed by atoms with Gasteiger partial charge in [0.2, 0.25) is 0 Å². The van der Waals surface area contributed by atoms with Crippen molar-refractivity contribution in [3.8, 4) is 0 Å². The number of hydrogen-bond donors (Lipinski definition) is 2. The predicted octanol–water partition coefficient (Wildman–Crippen LogP) is 4.21. The Kier molecular flexibility index (Phi) is 4.73. The third kappa shape index (κ3) is 3.05. The Bertz CT molecular complexity index is 600. The van der Waals surface area contributed by atoms with Crippen LogP contribution in [-0.4, -0.2) is 0 Å². The fraction of sp³-hybridized carbons (Fsp3) is 0.143. The fourth-order valence-corrected chi connectivity index (χ4v) is 2.77. The molecule has 0 saturated carbocycles. The maximum atomic E-state index is 14.2. The topological polar surface area (TPSA) is 38.0 Å². The number of halogens is 3. The van der Waals surface area contributed by atoms with E-state index in [9.17, 15) is 4.39 Å². The summed E-state index contributed by atoms with van der Waals surface area (Å²) in [6, 6.07) is 10.7. The Morgan fingerprint density at radius 1 is 1.16 bits per heavy atom. The number of benzene rings is 2. The molecule has 0 heterocycles. The zero-order valence-electron chi connectivity index (χ0n) is 10.3. The summed E-state index contributed by atoms with van der Waals surface area (Å²) < 4.78 is 15.6. The van der Waals surface area contributed by atoms with Gasteiger partial charge < -0.3 is 0 Å². The van der Waals surface area contributed by atoms with E-state index in [4.69, 9.17) is 5.84 Å². The van der Waals surface area contributed by atoms with Crippen molar-refractivity contribution in [2.75, 3.05) is 0 Å². The monoisotopic (exact) mass is 386 g/mol. The molecule has 19 heavy (non-hydrogen) atoms. The molecule has 0 aliphatic heterocycles. The maximum absolute atomic E-state index is 14.2. The van der Waals surface area contributed by atoms with E-state index in [1.54, 1.807) is 18.2 Å². The van der Waals surface area contributed by atoms with Crippen LogP contribution in [0.1, 0.15) is 22.7 Å². The summed E-state index contributed by atoms with van der Waals surface area (Å²) in [6.07, 6.45) is 0. The Labute approximate surface area is 128 Å². The molecule has 0 bridgehead atoms. The molecule has 2 aromatic rings. The molecule has 2 nitrogen and oxygen atoms in total. The number of nitrogens with one attached hydrogen (secondary N) is 1. The lowest BCUT2D eigenvalue weighted by atomic mass is 9.95. The number of nitrogens with two attached hydrogens (primary N) is 1. The highest BCUT2D eigenvalue weighted by Gasteiger charge is 2.19. The second-order valence-electron chi connectivity index (χ2n) is 4.24. The number of aryl methyl sites for hydroxylation is 1. The fourth-order valence-electron chi connectivity index (χ4n) is 2.01. The van der Waals surface area contributed by atoms with Crippen LogP contribution >= 0.6 is 31.9 Å². The van der Waals surface area contributed by atoms with Gasteiger partial charge in [-0.1, -0.05) is 34.1 Å². The molecule has 2 rings (SSSR count). The van der Waals surface area contributed by atoms with Crippen molar-refractivity contribution in [2.45, 2.75) is 13.0 Å². The Balaban J connectivity index is 2.56. The van der Waals surface area contributed by atoms with Crippen molar-refractivity contribution in [2.24, 2.45) is 5.84 Å². The van der Waals surface area contributed by atoms with Gasteiger partial charge in [0.1, 0.15) is 5.82 Å². The number of rotatable bonds is 3. The summed E-state index contributed by atoms with van der Waals surface area (Å²) in [6.45, 7) is 1.97. The van der Waals surface area contributed by atoms with Crippen LogP contribution in [0, 0.1) is 12.7 Å². The summed E-state index contributed by atoms with van der Waals surface area (Å²) in [7, 11) is 0. The first-order valence-corrected chi connectivity index (χ1v) is 7.29. The van der Waals surface area contributed by atoms with Crippen molar-refractivity contribution >= 4 is 31.9 Å². The second kappa shape index (κ2) is 6.13. The molecule has 0 aliphatic carbocycles. The average Bonchev–Trinajstić information content (AvgIpc) is 2.39. The quantitative estimate of drug-likeness (QED) is 0.611. The molecule has 0 aliphatic rings. The molecule has 1 atom stereocenters. The lowest BCUT2D eigenvalue weighted by Crippen LogP contribution is -2.30. The highest BCUT2D eigenvalue weighted by atomic mass is 79.9. The van der Waals surface area contributed by atoms with Gasteiger partial charge in [-0.15, -0.1) is 0 Å². The van der Waals surface area contributed by atoms with Gasteiger partial charge in [-0.05, 0) is 52.2 Å². The Morgan fingerprint density at radius 2 is 1.89 bits per heavy atom. The molecule has 2 aromatic carbocycles. The normalized spacial score (nSPS) is 12.5. The summed E-state index contributed by atoms with van der Waals surface area (Å²) in [5.41, 5.74) is 5.19. The van der Waals surface area contributed by atoms with E-state index in [1.807, 2.05) is 25.1 Å². The highest BCUT2D eigenvalue weighted by Crippen LogP contribution is 2.30. The SMILES string of the molecule is Cc1ccc(Br)cc1C(NN)c1cccc(Br)c1F. The summed E-state index contributed by atoms with van der Waals surface area (Å²) >= 11 is 6.62. The minimum atomic E-state index is -0.394. The van der Waals surface area contributed by atoms with Crippen LogP contribution < -0.4 is 11.3 Å². The summed E-state index contributed by atoms with van der Waals surface area (Å²) in [5, 5.41) is 0. The Morgan fingerprint density at radius 3 is 2.58 bits per heavy atom. The predicted molar refractivity (Wildman–Crippen MR) is 82.1 cm³/mol. The molecule has 0 radical (unpaired) electrons. The van der Waals surface area contributed by atoms with Crippen LogP contribution in [0.15, 0.2) is 45.3 Å². The van der Waals surface area contributed by atoms with E-state index >= 15 is 0 Å². The molecule has 0 aromatic heterocycles. The van der Waals surface area contributed by atoms with E-state index in [0.29, 0.717) is 10.0 Å². The summed E-state index contributed by atoms with van der Waals surface area (Å²) in [5.74, 6) is 5.33. The van der Waals surface area contributed by atoms with Crippen LogP contribution in [0.2, 0.25) is 0 Å². The van der Waals surface area contributed by atoms with E-state index in [0.717, 1.165) is 15.6 Å². The van der Waals surface area contributed by atoms with Gasteiger partial charge in [-0.2, -0.15) is 0 Å². The van der Waals surface area contributed by atoms with Crippen LogP contribution in [0.5, 0.6) is 0 Å². The molecular weight excluding hydrogens is 375 g/mol. The first kappa shape index (κ1) is 14.7. The Hall–Kier alpha value is -0.750. The van der Waals surface area contributed by atoms with Crippen molar-refractivity contribution < 1.29 is 4.39 Å². The van der Waals surface area contributed by atoms with Crippen LogP contribution in [0.4, 0.5) is 4.39 Å². The van der Waals surface area contributed by atoms with Gasteiger partial charge in [0.05, 0.1) is 10.5 Å². The first-order valence-electron chi connectivity index (χ1n) is 5.70. The molecule has 1 unspecified atom stereocenters. The standard InChI is InChI=1S/C14H13Br2FN2/c1-8-5-6-9(15)7-11(8)14(19-18)10-3-2-4-12(16)13(10)17/h2-7,14,19H,18H2,1H3. The highest BCUT2D eigenvalue weighted by molar-refractivity contribution is 9.10. The molecule has 100 valence electrons. The van der Waals surface area contributed by atoms with Crippen molar-refractivity contribution in [3.63, 3.8) is 0 Å². The zero-order valence-corrected chi connectivity index (χ0v) is 13.4. The maximum Gasteiger partial charge on any atom is 0.142 e. The molecule has 0 saturated heterocycles. The minimum Gasteiger partial charge on any atom is -0.271 e. The molecule has 0 amide bonds. The van der Waals surface area contributed by atoms with E-state index < -0.39 is 6.04 Å². The third-order valence-corrected chi connectivity index (χ3v) is 4.12. The number of hydrazine groups is 1. The van der Waals surface area contributed by atoms with Crippen LogP contribution in [0.25, 0.3) is 0 Å².